The number of nitrogens with one attached hydrogen (secondary N) is 1. The van der Waals surface area contributed by atoms with Crippen molar-refractivity contribution in [3.8, 4) is 0 Å². The van der Waals surface area contributed by atoms with Crippen molar-refractivity contribution in [2.75, 3.05) is 13.2 Å². The van der Waals surface area contributed by atoms with E-state index in [1.54, 1.807) is 0 Å². The van der Waals surface area contributed by atoms with Crippen LogP contribution in [0.4, 0.5) is 4.39 Å². The second-order valence-corrected chi connectivity index (χ2v) is 19.9. The van der Waals surface area contributed by atoms with Crippen molar-refractivity contribution in [3.05, 3.63) is 35.5 Å². The Kier molecular flexibility index (Phi) is 9.13. The second kappa shape index (κ2) is 12.1. The van der Waals surface area contributed by atoms with E-state index in [-0.39, 0.29) is 27.2 Å². The van der Waals surface area contributed by atoms with Crippen LogP contribution in [0.2, 0.25) is 0 Å². The number of carboxylic acid groups (broad SMARTS) is 1. The van der Waals surface area contributed by atoms with Gasteiger partial charge < -0.3 is 15.5 Å². The largest absolute Gasteiger partial charge is 0.481 e. The molecule has 48 heavy (non-hydrogen) atoms. The molecule has 4 fully saturated rings. The Labute approximate surface area is 291 Å². The van der Waals surface area contributed by atoms with E-state index in [1.807, 2.05) is 13.8 Å². The molecule has 6 aliphatic carbocycles. The first-order valence-corrected chi connectivity index (χ1v) is 19.6. The first-order valence-electron chi connectivity index (χ1n) is 19.6. The van der Waals surface area contributed by atoms with Crippen molar-refractivity contribution in [2.24, 2.45) is 56.7 Å². The minimum atomic E-state index is -1.25. The summed E-state index contributed by atoms with van der Waals surface area (Å²) in [5.41, 5.74) is 3.20. The fourth-order valence-electron chi connectivity index (χ4n) is 14.0. The van der Waals surface area contributed by atoms with E-state index in [2.05, 4.69) is 65.6 Å². The van der Waals surface area contributed by atoms with Gasteiger partial charge in [0.25, 0.3) is 0 Å². The fourth-order valence-corrected chi connectivity index (χ4v) is 14.0. The van der Waals surface area contributed by atoms with Crippen molar-refractivity contribution in [1.82, 2.24) is 5.32 Å². The van der Waals surface area contributed by atoms with Crippen LogP contribution < -0.4 is 5.32 Å². The van der Waals surface area contributed by atoms with E-state index in [0.717, 1.165) is 25.8 Å². The number of halogens is 1. The average molecular weight is 666 g/mol. The second-order valence-electron chi connectivity index (χ2n) is 19.9. The lowest BCUT2D eigenvalue weighted by Crippen LogP contribution is -2.68. The average Bonchev–Trinajstić information content (AvgIpc) is 3.39. The highest BCUT2D eigenvalue weighted by Gasteiger charge is 2.70. The first kappa shape index (κ1) is 36.3. The molecule has 1 unspecified atom stereocenters. The summed E-state index contributed by atoms with van der Waals surface area (Å²) in [5.74, 6) is 2.17. The zero-order valence-corrected chi connectivity index (χ0v) is 31.7. The van der Waals surface area contributed by atoms with Crippen molar-refractivity contribution in [3.63, 3.8) is 0 Å². The lowest BCUT2D eigenvalue weighted by Gasteiger charge is -2.72. The quantitative estimate of drug-likeness (QED) is 0.169. The van der Waals surface area contributed by atoms with Crippen molar-refractivity contribution >= 4 is 5.97 Å². The Hall–Kier alpha value is -1.46. The summed E-state index contributed by atoms with van der Waals surface area (Å²) in [6.45, 7) is 23.9. The van der Waals surface area contributed by atoms with Gasteiger partial charge in [-0.3, -0.25) is 4.79 Å². The smallest absolute Gasteiger partial charge is 0.312 e. The highest BCUT2D eigenvalue weighted by Crippen LogP contribution is 2.76. The van der Waals surface area contributed by atoms with E-state index in [0.29, 0.717) is 48.9 Å². The molecular formula is C43H68FNO3. The monoisotopic (exact) mass is 666 g/mol. The standard InChI is InChI=1S/C43H68FNO3/c1-28(2)30-15-23-43(45-26-10-18-37(3,4)48)25-24-40(8)32(35(30)43)11-12-34-39(7)19-16-31(38(5,6)33(39)17-20-41(34,40)9)29-13-21-42(27-44,22-14-29)36(46)47/h13,16,30,32-35,45,48H,1,10-12,14-15,17-27H2,2-9H3,(H,46,47)/t30-,32?,33-,34+,35+,39-,40+,41+,42-,43-/m0/s1. The molecule has 6 aliphatic rings. The third-order valence-corrected chi connectivity index (χ3v) is 16.8. The molecule has 4 nitrogen and oxygen atoms in total. The molecule has 0 aromatic rings. The van der Waals surface area contributed by atoms with Crippen molar-refractivity contribution in [1.29, 1.82) is 0 Å². The maximum Gasteiger partial charge on any atom is 0.312 e. The summed E-state index contributed by atoms with van der Waals surface area (Å²) in [4.78, 5) is 12.0. The van der Waals surface area contributed by atoms with Gasteiger partial charge in [0.15, 0.2) is 0 Å². The SMILES string of the molecule is C=C(C)[C@@H]1CC[C@]2(NCCCC(C)(C)O)CC[C@]3(C)C(CC[C@@H]4[C@@]5(C)CC=C(C6=CC[C@](CF)(C(=O)O)CC6)C(C)(C)[C@@H]5CC[C@]43C)[C@@H]12. The van der Waals surface area contributed by atoms with Gasteiger partial charge in [-0.1, -0.05) is 58.9 Å². The topological polar surface area (TPSA) is 69.6 Å². The van der Waals surface area contributed by atoms with Crippen LogP contribution in [-0.4, -0.2) is 40.5 Å². The molecule has 3 N–H and O–H groups in total. The number of carboxylic acids is 1. The van der Waals surface area contributed by atoms with Gasteiger partial charge in [-0.2, -0.15) is 0 Å². The van der Waals surface area contributed by atoms with E-state index >= 15 is 0 Å². The van der Waals surface area contributed by atoms with Crippen molar-refractivity contribution in [2.45, 2.75) is 156 Å². The zero-order valence-electron chi connectivity index (χ0n) is 31.7. The van der Waals surface area contributed by atoms with Crippen LogP contribution in [0.15, 0.2) is 35.5 Å². The number of hydrogen-bond donors (Lipinski definition) is 3. The van der Waals surface area contributed by atoms with Crippen molar-refractivity contribution < 1.29 is 19.4 Å². The third-order valence-electron chi connectivity index (χ3n) is 16.8. The Bertz CT molecular complexity index is 1360. The predicted molar refractivity (Wildman–Crippen MR) is 194 cm³/mol. The Morgan fingerprint density at radius 3 is 2.29 bits per heavy atom. The van der Waals surface area contributed by atoms with Crippen LogP contribution in [0, 0.1) is 56.7 Å². The van der Waals surface area contributed by atoms with Gasteiger partial charge in [0.05, 0.1) is 11.0 Å². The highest BCUT2D eigenvalue weighted by atomic mass is 19.1. The minimum absolute atomic E-state index is 0.00211. The molecule has 0 radical (unpaired) electrons. The number of fused-ring (bicyclic) bond motifs is 7. The third kappa shape index (κ3) is 5.36. The van der Waals surface area contributed by atoms with E-state index in [4.69, 9.17) is 0 Å². The molecular weight excluding hydrogens is 597 g/mol. The van der Waals surface area contributed by atoms with Crippen LogP contribution in [0.3, 0.4) is 0 Å². The summed E-state index contributed by atoms with van der Waals surface area (Å²) in [5, 5.41) is 24.3. The van der Waals surface area contributed by atoms with E-state index < -0.39 is 23.7 Å². The summed E-state index contributed by atoms with van der Waals surface area (Å²) >= 11 is 0. The summed E-state index contributed by atoms with van der Waals surface area (Å²) in [6, 6.07) is 0. The zero-order chi connectivity index (χ0) is 35.1. The van der Waals surface area contributed by atoms with Crippen LogP contribution in [-0.2, 0) is 4.79 Å². The molecule has 0 saturated heterocycles. The van der Waals surface area contributed by atoms with Gasteiger partial charge in [-0.15, -0.1) is 0 Å². The van der Waals surface area contributed by atoms with Crippen LogP contribution in [0.25, 0.3) is 0 Å². The Morgan fingerprint density at radius 2 is 1.69 bits per heavy atom. The Morgan fingerprint density at radius 1 is 0.958 bits per heavy atom. The van der Waals surface area contributed by atoms with Gasteiger partial charge in [-0.05, 0) is 180 Å². The molecule has 0 amide bonds. The number of aliphatic carboxylic acids is 1. The maximum absolute atomic E-state index is 13.9. The first-order chi connectivity index (χ1) is 22.3. The molecule has 0 aromatic heterocycles. The molecule has 4 saturated carbocycles. The molecule has 0 heterocycles. The van der Waals surface area contributed by atoms with Gasteiger partial charge >= 0.3 is 5.97 Å². The van der Waals surface area contributed by atoms with Gasteiger partial charge in [0.2, 0.25) is 0 Å². The molecule has 10 atom stereocenters. The minimum Gasteiger partial charge on any atom is -0.481 e. The van der Waals surface area contributed by atoms with E-state index in [9.17, 15) is 19.4 Å². The number of allylic oxidation sites excluding steroid dienone is 5. The lowest BCUT2D eigenvalue weighted by molar-refractivity contribution is -0.221. The Balaban J connectivity index is 1.28. The van der Waals surface area contributed by atoms with Gasteiger partial charge in [0, 0.05) is 5.54 Å². The molecule has 0 aliphatic heterocycles. The van der Waals surface area contributed by atoms with Gasteiger partial charge in [-0.25, -0.2) is 4.39 Å². The summed E-state index contributed by atoms with van der Waals surface area (Å²) < 4.78 is 13.9. The molecule has 270 valence electrons. The lowest BCUT2D eigenvalue weighted by atomic mass is 9.33. The number of hydrogen-bond acceptors (Lipinski definition) is 3. The number of rotatable bonds is 9. The summed E-state index contributed by atoms with van der Waals surface area (Å²) in [6.07, 6.45) is 19.1. The predicted octanol–water partition coefficient (Wildman–Crippen LogP) is 10.2. The number of carbonyl (C=O) groups is 1. The van der Waals surface area contributed by atoms with Gasteiger partial charge in [0.1, 0.15) is 6.67 Å². The molecule has 0 spiro atoms. The number of alkyl halides is 1. The molecule has 0 aromatic carbocycles. The van der Waals surface area contributed by atoms with E-state index in [1.165, 1.54) is 68.1 Å². The van der Waals surface area contributed by atoms with Crippen LogP contribution >= 0.6 is 0 Å². The van der Waals surface area contributed by atoms with Crippen LogP contribution in [0.1, 0.15) is 145 Å². The molecule has 0 bridgehead atoms. The number of aliphatic hydroxyl groups is 1. The van der Waals surface area contributed by atoms with Crippen LogP contribution in [0.5, 0.6) is 0 Å². The maximum atomic E-state index is 13.9. The normalized spacial score (nSPS) is 45.2. The summed E-state index contributed by atoms with van der Waals surface area (Å²) in [7, 11) is 0. The molecule has 6 rings (SSSR count). The molecule has 5 heteroatoms. The highest BCUT2D eigenvalue weighted by molar-refractivity contribution is 5.75. The fraction of sp³-hybridized carbons (Fsp3) is 0.837.